The van der Waals surface area contributed by atoms with Gasteiger partial charge in [0.15, 0.2) is 0 Å². The first-order chi connectivity index (χ1) is 12.7. The maximum atomic E-state index is 5.55. The summed E-state index contributed by atoms with van der Waals surface area (Å²) in [5, 5.41) is 7.43. The molecule has 2 heterocycles. The highest BCUT2D eigenvalue weighted by Gasteiger charge is 2.13. The molecule has 0 saturated carbocycles. The predicted molar refractivity (Wildman–Crippen MR) is 103 cm³/mol. The van der Waals surface area contributed by atoms with E-state index >= 15 is 0 Å². The lowest BCUT2D eigenvalue weighted by atomic mass is 10.2. The molecule has 0 radical (unpaired) electrons. The third-order valence-corrected chi connectivity index (χ3v) is 4.12. The fourth-order valence-electron chi connectivity index (χ4n) is 2.81. The molecule has 8 nitrogen and oxygen atoms in total. The summed E-state index contributed by atoms with van der Waals surface area (Å²) in [6.45, 7) is 7.67. The molecule has 0 fully saturated rings. The summed E-state index contributed by atoms with van der Waals surface area (Å²) in [6.07, 6.45) is 0.993. The fourth-order valence-corrected chi connectivity index (χ4v) is 2.81. The van der Waals surface area contributed by atoms with Crippen molar-refractivity contribution in [3.05, 3.63) is 23.9 Å². The number of anilines is 1. The van der Waals surface area contributed by atoms with Crippen molar-refractivity contribution < 1.29 is 9.47 Å². The molecular weight excluding hydrogens is 332 g/mol. The van der Waals surface area contributed by atoms with Gasteiger partial charge in [-0.2, -0.15) is 0 Å². The summed E-state index contributed by atoms with van der Waals surface area (Å²) in [6, 6.07) is 5.86. The third-order valence-electron chi connectivity index (χ3n) is 4.12. The molecule has 1 aromatic heterocycles. The number of nitrogens with one attached hydrogen (secondary N) is 2. The number of aryl methyl sites for hydroxylation is 1. The topological polar surface area (TPSA) is 83.9 Å². The van der Waals surface area contributed by atoms with Crippen LogP contribution in [0.2, 0.25) is 0 Å². The second-order valence-corrected chi connectivity index (χ2v) is 6.09. The van der Waals surface area contributed by atoms with E-state index in [0.717, 1.165) is 48.6 Å². The maximum absolute atomic E-state index is 5.55. The second-order valence-electron chi connectivity index (χ2n) is 6.09. The van der Waals surface area contributed by atoms with Crippen LogP contribution in [0.3, 0.4) is 0 Å². The largest absolute Gasteiger partial charge is 0.494 e. The normalized spacial score (nSPS) is 14.8. The van der Waals surface area contributed by atoms with Gasteiger partial charge in [0, 0.05) is 25.6 Å². The van der Waals surface area contributed by atoms with Crippen LogP contribution in [0, 0.1) is 6.92 Å². The van der Waals surface area contributed by atoms with Gasteiger partial charge >= 0.3 is 0 Å². The Morgan fingerprint density at radius 2 is 2.19 bits per heavy atom. The van der Waals surface area contributed by atoms with Crippen LogP contribution in [-0.4, -0.2) is 61.0 Å². The zero-order valence-electron chi connectivity index (χ0n) is 15.6. The zero-order chi connectivity index (χ0) is 18.4. The summed E-state index contributed by atoms with van der Waals surface area (Å²) in [4.78, 5) is 15.9. The molecule has 0 amide bonds. The van der Waals surface area contributed by atoms with E-state index in [9.17, 15) is 0 Å². The van der Waals surface area contributed by atoms with Crippen LogP contribution in [0.5, 0.6) is 5.75 Å². The Kier molecular flexibility index (Phi) is 6.19. The van der Waals surface area contributed by atoms with E-state index in [1.165, 1.54) is 0 Å². The van der Waals surface area contributed by atoms with Crippen LogP contribution < -0.4 is 15.4 Å². The first-order valence-electron chi connectivity index (χ1n) is 8.87. The minimum atomic E-state index is 0.540. The Morgan fingerprint density at radius 1 is 1.31 bits per heavy atom. The van der Waals surface area contributed by atoms with Crippen LogP contribution in [-0.2, 0) is 4.74 Å². The highest BCUT2D eigenvalue weighted by molar-refractivity contribution is 5.93. The third kappa shape index (κ3) is 4.59. The van der Waals surface area contributed by atoms with Gasteiger partial charge in [0.1, 0.15) is 5.75 Å². The molecule has 0 spiro atoms. The van der Waals surface area contributed by atoms with Gasteiger partial charge in [0.05, 0.1) is 31.2 Å². The molecular formula is C18H26N6O2. The minimum absolute atomic E-state index is 0.540. The van der Waals surface area contributed by atoms with Gasteiger partial charge in [-0.05, 0) is 38.5 Å². The van der Waals surface area contributed by atoms with E-state index in [0.29, 0.717) is 25.2 Å². The fraction of sp³-hybridized carbons (Fsp3) is 0.500. The number of methoxy groups -OCH3 is 1. The summed E-state index contributed by atoms with van der Waals surface area (Å²) >= 11 is 0. The monoisotopic (exact) mass is 358 g/mol. The summed E-state index contributed by atoms with van der Waals surface area (Å²) < 4.78 is 10.6. The van der Waals surface area contributed by atoms with Gasteiger partial charge in [-0.3, -0.25) is 10.2 Å². The summed E-state index contributed by atoms with van der Waals surface area (Å²) in [7, 11) is 1.72. The van der Waals surface area contributed by atoms with Crippen LogP contribution in [0.25, 0.3) is 10.9 Å². The maximum Gasteiger partial charge on any atom is 0.230 e. The van der Waals surface area contributed by atoms with Crippen molar-refractivity contribution in [1.82, 2.24) is 20.2 Å². The number of hydrogen-bond acceptors (Lipinski definition) is 8. The molecule has 26 heavy (non-hydrogen) atoms. The lowest BCUT2D eigenvalue weighted by Gasteiger charge is -2.26. The van der Waals surface area contributed by atoms with E-state index in [4.69, 9.17) is 9.47 Å². The van der Waals surface area contributed by atoms with Crippen molar-refractivity contribution in [3.8, 4) is 5.75 Å². The molecule has 0 saturated heterocycles. The molecule has 0 bridgehead atoms. The summed E-state index contributed by atoms with van der Waals surface area (Å²) in [5.41, 5.74) is 1.78. The molecule has 8 heteroatoms. The average molecular weight is 358 g/mol. The second kappa shape index (κ2) is 8.77. The minimum Gasteiger partial charge on any atom is -0.494 e. The van der Waals surface area contributed by atoms with Crippen LogP contribution in [0.1, 0.15) is 19.0 Å². The Bertz CT molecular complexity index is 780. The first-order valence-corrected chi connectivity index (χ1v) is 8.87. The molecule has 0 atom stereocenters. The van der Waals surface area contributed by atoms with Gasteiger partial charge < -0.3 is 14.8 Å². The molecule has 1 aliphatic rings. The average Bonchev–Trinajstić information content (AvgIpc) is 2.64. The predicted octanol–water partition coefficient (Wildman–Crippen LogP) is 1.96. The van der Waals surface area contributed by atoms with Crippen molar-refractivity contribution >= 4 is 22.8 Å². The van der Waals surface area contributed by atoms with E-state index in [-0.39, 0.29) is 0 Å². The number of rotatable bonds is 7. The van der Waals surface area contributed by atoms with Gasteiger partial charge in [-0.1, -0.05) is 0 Å². The van der Waals surface area contributed by atoms with Crippen LogP contribution in [0.15, 0.2) is 23.2 Å². The summed E-state index contributed by atoms with van der Waals surface area (Å²) in [5.74, 6) is 2.07. The van der Waals surface area contributed by atoms with Gasteiger partial charge in [0.25, 0.3) is 0 Å². The lowest BCUT2D eigenvalue weighted by molar-refractivity contribution is 0.170. The number of guanidine groups is 1. The van der Waals surface area contributed by atoms with E-state index in [1.807, 2.05) is 32.0 Å². The highest BCUT2D eigenvalue weighted by Crippen LogP contribution is 2.23. The Hall–Kier alpha value is -2.45. The molecule has 0 aliphatic carbocycles. The smallest absolute Gasteiger partial charge is 0.230 e. The van der Waals surface area contributed by atoms with Gasteiger partial charge in [-0.15, -0.1) is 0 Å². The Labute approximate surface area is 153 Å². The molecule has 1 aromatic carbocycles. The number of aromatic nitrogens is 2. The first kappa shape index (κ1) is 18.3. The number of aliphatic imine (C=N–C) groups is 1. The molecule has 140 valence electrons. The van der Waals surface area contributed by atoms with Crippen molar-refractivity contribution in [2.45, 2.75) is 20.3 Å². The zero-order valence-corrected chi connectivity index (χ0v) is 15.6. The molecule has 0 unspecified atom stereocenters. The van der Waals surface area contributed by atoms with Gasteiger partial charge in [-0.25, -0.2) is 15.0 Å². The van der Waals surface area contributed by atoms with Crippen molar-refractivity contribution in [2.75, 3.05) is 45.5 Å². The number of hydrogen-bond donors (Lipinski definition) is 2. The molecule has 2 N–H and O–H groups in total. The van der Waals surface area contributed by atoms with Crippen molar-refractivity contribution in [3.63, 3.8) is 0 Å². The quantitative estimate of drug-likeness (QED) is 0.732. The SMILES string of the molecule is CCOc1ccc2nc(NC3=NCN(CCCOC)CN3)nc(C)c2c1. The number of fused-ring (bicyclic) bond motifs is 1. The van der Waals surface area contributed by atoms with E-state index in [1.54, 1.807) is 7.11 Å². The van der Waals surface area contributed by atoms with Gasteiger partial charge in [0.2, 0.25) is 11.9 Å². The Morgan fingerprint density at radius 3 is 2.92 bits per heavy atom. The Balaban J connectivity index is 1.67. The molecule has 2 aromatic rings. The lowest BCUT2D eigenvalue weighted by Crippen LogP contribution is -2.46. The van der Waals surface area contributed by atoms with Crippen molar-refractivity contribution in [1.29, 1.82) is 0 Å². The standard InChI is InChI=1S/C18H26N6O2/c1-4-26-14-6-7-16-15(10-14)13(2)21-18(22-16)23-17-19-11-24(12-20-17)8-5-9-25-3/h6-7,10H,4-5,8-9,11-12H2,1-3H3,(H2,19,20,21,22,23). The van der Waals surface area contributed by atoms with Crippen LogP contribution >= 0.6 is 0 Å². The molecule has 3 rings (SSSR count). The number of ether oxygens (including phenoxy) is 2. The highest BCUT2D eigenvalue weighted by atomic mass is 16.5. The van der Waals surface area contributed by atoms with E-state index < -0.39 is 0 Å². The number of benzene rings is 1. The molecule has 1 aliphatic heterocycles. The number of nitrogens with zero attached hydrogens (tertiary/aromatic N) is 4. The van der Waals surface area contributed by atoms with Crippen LogP contribution in [0.4, 0.5) is 5.95 Å². The van der Waals surface area contributed by atoms with Crippen molar-refractivity contribution in [2.24, 2.45) is 4.99 Å². The van der Waals surface area contributed by atoms with E-state index in [2.05, 4.69) is 30.5 Å².